The summed E-state index contributed by atoms with van der Waals surface area (Å²) >= 11 is 0. The Hall–Kier alpha value is -2.44. The maximum Gasteiger partial charge on any atom is 0.272 e. The van der Waals surface area contributed by atoms with E-state index in [0.717, 1.165) is 24.6 Å². The van der Waals surface area contributed by atoms with Gasteiger partial charge in [-0.05, 0) is 38.7 Å². The van der Waals surface area contributed by atoms with E-state index >= 15 is 0 Å². The maximum absolute atomic E-state index is 13.2. The number of ether oxygens (including phenoxy) is 1. The summed E-state index contributed by atoms with van der Waals surface area (Å²) in [7, 11) is 1.80. The van der Waals surface area contributed by atoms with Crippen LogP contribution in [0.25, 0.3) is 0 Å². The summed E-state index contributed by atoms with van der Waals surface area (Å²) in [5.74, 6) is -1.28. The average molecular weight is 349 g/mol. The van der Waals surface area contributed by atoms with Gasteiger partial charge in [0.15, 0.2) is 0 Å². The number of benzene rings is 1. The molecule has 0 atom stereocenters. The zero-order chi connectivity index (χ0) is 18.0. The van der Waals surface area contributed by atoms with Gasteiger partial charge in [0.2, 0.25) is 0 Å². The summed E-state index contributed by atoms with van der Waals surface area (Å²) in [5, 5.41) is 7.16. The second-order valence-electron chi connectivity index (χ2n) is 6.46. The number of hydrogen-bond donors (Lipinski definition) is 1. The van der Waals surface area contributed by atoms with Gasteiger partial charge in [-0.25, -0.2) is 8.78 Å². The molecule has 3 rings (SSSR count). The zero-order valence-electron chi connectivity index (χ0n) is 14.3. The molecule has 1 aromatic carbocycles. The number of aryl methyl sites for hydroxylation is 2. The molecule has 0 spiro atoms. The van der Waals surface area contributed by atoms with Crippen LogP contribution in [0.5, 0.6) is 5.75 Å². The van der Waals surface area contributed by atoms with Crippen LogP contribution in [-0.2, 0) is 7.05 Å². The van der Waals surface area contributed by atoms with Crippen molar-refractivity contribution in [2.75, 3.05) is 0 Å². The van der Waals surface area contributed by atoms with Gasteiger partial charge in [0, 0.05) is 37.0 Å². The molecular formula is C18H21F2N3O2. The van der Waals surface area contributed by atoms with Gasteiger partial charge in [0.05, 0.1) is 6.10 Å². The number of hydrogen-bond acceptors (Lipinski definition) is 3. The molecule has 7 heteroatoms. The number of halogens is 2. The van der Waals surface area contributed by atoms with E-state index in [1.165, 1.54) is 12.1 Å². The highest BCUT2D eigenvalue weighted by molar-refractivity contribution is 5.92. The molecule has 1 saturated carbocycles. The summed E-state index contributed by atoms with van der Waals surface area (Å²) in [6, 6.07) is 4.99. The summed E-state index contributed by atoms with van der Waals surface area (Å²) in [4.78, 5) is 12.2. The zero-order valence-corrected chi connectivity index (χ0v) is 14.3. The maximum atomic E-state index is 13.2. The summed E-state index contributed by atoms with van der Waals surface area (Å²) in [5.41, 5.74) is 1.33. The van der Waals surface area contributed by atoms with E-state index in [9.17, 15) is 13.6 Å². The molecule has 0 radical (unpaired) electrons. The lowest BCUT2D eigenvalue weighted by Gasteiger charge is -2.29. The predicted octanol–water partition coefficient (Wildman–Crippen LogP) is 3.13. The quantitative estimate of drug-likeness (QED) is 0.923. The van der Waals surface area contributed by atoms with Crippen LogP contribution < -0.4 is 10.1 Å². The molecule has 1 N–H and O–H groups in total. The average Bonchev–Trinajstić information content (AvgIpc) is 2.88. The van der Waals surface area contributed by atoms with E-state index in [1.54, 1.807) is 17.8 Å². The molecular weight excluding hydrogens is 328 g/mol. The standard InChI is InChI=1S/C18H21F2N3O2/c1-11-7-17(22-23(11)2)18(24)21-14-3-5-15(6-4-14)25-16-9-12(19)8-13(20)10-16/h7-10,14-15H,3-6H2,1-2H3,(H,21,24). The number of amides is 1. The largest absolute Gasteiger partial charge is 0.490 e. The molecule has 0 aliphatic heterocycles. The van der Waals surface area contributed by atoms with Crippen LogP contribution in [0.2, 0.25) is 0 Å². The third-order valence-electron chi connectivity index (χ3n) is 4.49. The lowest BCUT2D eigenvalue weighted by atomic mass is 9.93. The predicted molar refractivity (Wildman–Crippen MR) is 88.4 cm³/mol. The minimum Gasteiger partial charge on any atom is -0.490 e. The first-order chi connectivity index (χ1) is 11.9. The van der Waals surface area contributed by atoms with Gasteiger partial charge in [-0.15, -0.1) is 0 Å². The molecule has 1 amide bonds. The summed E-state index contributed by atoms with van der Waals surface area (Å²) in [6.07, 6.45) is 2.82. The number of carbonyl (C=O) groups is 1. The Kier molecular flexibility index (Phi) is 5.01. The number of aromatic nitrogens is 2. The van der Waals surface area contributed by atoms with Gasteiger partial charge in [0.1, 0.15) is 23.1 Å². The number of nitrogens with one attached hydrogen (secondary N) is 1. The van der Waals surface area contributed by atoms with E-state index in [4.69, 9.17) is 4.74 Å². The topological polar surface area (TPSA) is 56.1 Å². The molecule has 1 aromatic heterocycles. The first-order valence-corrected chi connectivity index (χ1v) is 8.35. The van der Waals surface area contributed by atoms with Gasteiger partial charge in [-0.3, -0.25) is 9.48 Å². The smallest absolute Gasteiger partial charge is 0.272 e. The van der Waals surface area contributed by atoms with Crippen LogP contribution in [0.15, 0.2) is 24.3 Å². The highest BCUT2D eigenvalue weighted by Gasteiger charge is 2.25. The van der Waals surface area contributed by atoms with E-state index in [0.29, 0.717) is 18.5 Å². The Balaban J connectivity index is 1.50. The fraction of sp³-hybridized carbons (Fsp3) is 0.444. The van der Waals surface area contributed by atoms with Crippen molar-refractivity contribution in [1.82, 2.24) is 15.1 Å². The van der Waals surface area contributed by atoms with Crippen LogP contribution in [0.3, 0.4) is 0 Å². The van der Waals surface area contributed by atoms with Crippen LogP contribution in [0.4, 0.5) is 8.78 Å². The number of carbonyl (C=O) groups excluding carboxylic acids is 1. The Morgan fingerprint density at radius 1 is 1.16 bits per heavy atom. The molecule has 0 bridgehead atoms. The monoisotopic (exact) mass is 349 g/mol. The first-order valence-electron chi connectivity index (χ1n) is 8.35. The Morgan fingerprint density at radius 3 is 2.36 bits per heavy atom. The minimum atomic E-state index is -0.651. The molecule has 2 aromatic rings. The SMILES string of the molecule is Cc1cc(C(=O)NC2CCC(Oc3cc(F)cc(F)c3)CC2)nn1C. The van der Waals surface area contributed by atoms with Crippen molar-refractivity contribution >= 4 is 5.91 Å². The van der Waals surface area contributed by atoms with Crippen LogP contribution >= 0.6 is 0 Å². The van der Waals surface area contributed by atoms with Crippen molar-refractivity contribution in [2.45, 2.75) is 44.8 Å². The Labute approximate surface area is 145 Å². The highest BCUT2D eigenvalue weighted by atomic mass is 19.1. The van der Waals surface area contributed by atoms with Crippen LogP contribution in [-0.4, -0.2) is 27.8 Å². The molecule has 1 heterocycles. The van der Waals surface area contributed by atoms with Crippen molar-refractivity contribution < 1.29 is 18.3 Å². The minimum absolute atomic E-state index is 0.0545. The van der Waals surface area contributed by atoms with Crippen molar-refractivity contribution in [3.8, 4) is 5.75 Å². The van der Waals surface area contributed by atoms with Gasteiger partial charge in [0.25, 0.3) is 5.91 Å². The molecule has 5 nitrogen and oxygen atoms in total. The molecule has 1 aliphatic rings. The Bertz CT molecular complexity index is 728. The second kappa shape index (κ2) is 7.21. The molecule has 0 saturated heterocycles. The molecule has 134 valence electrons. The van der Waals surface area contributed by atoms with Crippen molar-refractivity contribution in [2.24, 2.45) is 7.05 Å². The van der Waals surface area contributed by atoms with Gasteiger partial charge >= 0.3 is 0 Å². The molecule has 0 unspecified atom stereocenters. The van der Waals surface area contributed by atoms with E-state index in [2.05, 4.69) is 10.4 Å². The molecule has 25 heavy (non-hydrogen) atoms. The lowest BCUT2D eigenvalue weighted by Crippen LogP contribution is -2.39. The van der Waals surface area contributed by atoms with Gasteiger partial charge in [-0.1, -0.05) is 0 Å². The Morgan fingerprint density at radius 2 is 1.80 bits per heavy atom. The van der Waals surface area contributed by atoms with E-state index in [1.807, 2.05) is 6.92 Å². The molecule has 1 aliphatic carbocycles. The van der Waals surface area contributed by atoms with Crippen molar-refractivity contribution in [3.05, 3.63) is 47.3 Å². The number of nitrogens with zero attached hydrogens (tertiary/aromatic N) is 2. The van der Waals surface area contributed by atoms with E-state index in [-0.39, 0.29) is 23.8 Å². The van der Waals surface area contributed by atoms with Crippen LogP contribution in [0, 0.1) is 18.6 Å². The summed E-state index contributed by atoms with van der Waals surface area (Å²) in [6.45, 7) is 1.89. The summed E-state index contributed by atoms with van der Waals surface area (Å²) < 4.78 is 33.7. The van der Waals surface area contributed by atoms with Crippen molar-refractivity contribution in [3.63, 3.8) is 0 Å². The fourth-order valence-electron chi connectivity index (χ4n) is 3.04. The van der Waals surface area contributed by atoms with Gasteiger partial charge < -0.3 is 10.1 Å². The molecule has 1 fully saturated rings. The highest BCUT2D eigenvalue weighted by Crippen LogP contribution is 2.25. The first kappa shape index (κ1) is 17.4. The lowest BCUT2D eigenvalue weighted by molar-refractivity contribution is 0.0887. The normalized spacial score (nSPS) is 20.3. The number of rotatable bonds is 4. The van der Waals surface area contributed by atoms with Gasteiger partial charge in [-0.2, -0.15) is 5.10 Å². The second-order valence-corrected chi connectivity index (χ2v) is 6.46. The van der Waals surface area contributed by atoms with Crippen molar-refractivity contribution in [1.29, 1.82) is 0 Å². The van der Waals surface area contributed by atoms with Crippen LogP contribution in [0.1, 0.15) is 41.9 Å². The third kappa shape index (κ3) is 4.35. The fourth-order valence-corrected chi connectivity index (χ4v) is 3.04. The third-order valence-corrected chi connectivity index (χ3v) is 4.49. The van der Waals surface area contributed by atoms with E-state index < -0.39 is 11.6 Å².